The van der Waals surface area contributed by atoms with Gasteiger partial charge in [-0.05, 0) is 34.3 Å². The summed E-state index contributed by atoms with van der Waals surface area (Å²) in [7, 11) is 7.70. The molecule has 0 spiro atoms. The molecular formula is C19H27ClN4O4. The molecule has 0 aliphatic rings. The lowest BCUT2D eigenvalue weighted by Gasteiger charge is -2.12. The largest absolute Gasteiger partial charge is 0.478 e. The summed E-state index contributed by atoms with van der Waals surface area (Å²) in [6, 6.07) is 7.04. The number of carbonyl (C=O) groups is 1. The number of carboxylic acids is 1. The van der Waals surface area contributed by atoms with Gasteiger partial charge in [0.1, 0.15) is 12.2 Å². The molecule has 0 radical (unpaired) electrons. The predicted octanol–water partition coefficient (Wildman–Crippen LogP) is 1.98. The maximum atomic E-state index is 11.4. The standard InChI is InChI=1S/C15H16ClN3O3.C4H11NO/c1-19(2)7-8-22-15-17-9-11(14(20)21)13(18-15)10-5-3-4-6-12(10)16;1-5(2)3-4-6/h3-6,9H,7-8H2,1-2H3,(H,20,21);6H,3-4H2,1-2H3. The van der Waals surface area contributed by atoms with Gasteiger partial charge in [0.25, 0.3) is 0 Å². The monoisotopic (exact) mass is 410 g/mol. The number of aliphatic hydroxyl groups excluding tert-OH is 1. The number of likely N-dealkylation sites (N-methyl/N-ethyl adjacent to an activating group) is 2. The van der Waals surface area contributed by atoms with Crippen LogP contribution in [0.5, 0.6) is 6.01 Å². The number of benzene rings is 1. The van der Waals surface area contributed by atoms with Gasteiger partial charge in [0.05, 0.1) is 12.3 Å². The number of hydrogen-bond acceptors (Lipinski definition) is 7. The first-order valence-corrected chi connectivity index (χ1v) is 9.02. The Balaban J connectivity index is 0.000000568. The maximum Gasteiger partial charge on any atom is 0.339 e. The maximum absolute atomic E-state index is 11.4. The van der Waals surface area contributed by atoms with E-state index in [-0.39, 0.29) is 23.9 Å². The van der Waals surface area contributed by atoms with E-state index in [1.165, 1.54) is 6.20 Å². The lowest BCUT2D eigenvalue weighted by atomic mass is 10.1. The Morgan fingerprint density at radius 2 is 1.79 bits per heavy atom. The highest BCUT2D eigenvalue weighted by molar-refractivity contribution is 6.33. The molecule has 0 bridgehead atoms. The second-order valence-electron chi connectivity index (χ2n) is 6.38. The number of hydrogen-bond donors (Lipinski definition) is 2. The molecular weight excluding hydrogens is 384 g/mol. The third kappa shape index (κ3) is 8.18. The number of halogens is 1. The molecule has 154 valence electrons. The number of aliphatic hydroxyl groups is 1. The Kier molecular flexibility index (Phi) is 10.4. The van der Waals surface area contributed by atoms with Gasteiger partial charge < -0.3 is 24.7 Å². The van der Waals surface area contributed by atoms with Gasteiger partial charge in [0.2, 0.25) is 0 Å². The third-order valence-corrected chi connectivity index (χ3v) is 3.77. The van der Waals surface area contributed by atoms with Crippen molar-refractivity contribution >= 4 is 17.6 Å². The number of rotatable bonds is 8. The van der Waals surface area contributed by atoms with Crippen LogP contribution in [0.1, 0.15) is 10.4 Å². The summed E-state index contributed by atoms with van der Waals surface area (Å²) in [5, 5.41) is 17.9. The Labute approximate surface area is 170 Å². The third-order valence-electron chi connectivity index (χ3n) is 3.44. The molecule has 1 heterocycles. The van der Waals surface area contributed by atoms with Crippen LogP contribution in [0, 0.1) is 0 Å². The average molecular weight is 411 g/mol. The minimum Gasteiger partial charge on any atom is -0.478 e. The Hall–Kier alpha value is -2.26. The van der Waals surface area contributed by atoms with Gasteiger partial charge in [-0.15, -0.1) is 0 Å². The van der Waals surface area contributed by atoms with Crippen LogP contribution in [0.15, 0.2) is 30.5 Å². The fraction of sp³-hybridized carbons (Fsp3) is 0.421. The second kappa shape index (κ2) is 12.2. The predicted molar refractivity (Wildman–Crippen MR) is 109 cm³/mol. The second-order valence-corrected chi connectivity index (χ2v) is 6.79. The molecule has 0 atom stereocenters. The number of aromatic carboxylic acids is 1. The lowest BCUT2D eigenvalue weighted by Crippen LogP contribution is -2.20. The van der Waals surface area contributed by atoms with Crippen molar-refractivity contribution in [3.05, 3.63) is 41.0 Å². The molecule has 2 rings (SSSR count). The molecule has 0 amide bonds. The van der Waals surface area contributed by atoms with Gasteiger partial charge in [-0.2, -0.15) is 4.98 Å². The molecule has 2 N–H and O–H groups in total. The fourth-order valence-electron chi connectivity index (χ4n) is 1.97. The average Bonchev–Trinajstić information content (AvgIpc) is 2.62. The summed E-state index contributed by atoms with van der Waals surface area (Å²) in [6.07, 6.45) is 1.24. The first-order valence-electron chi connectivity index (χ1n) is 8.64. The first kappa shape index (κ1) is 23.8. The van der Waals surface area contributed by atoms with Gasteiger partial charge in [-0.25, -0.2) is 9.78 Å². The minimum atomic E-state index is -1.12. The summed E-state index contributed by atoms with van der Waals surface area (Å²) < 4.78 is 5.45. The van der Waals surface area contributed by atoms with E-state index in [1.54, 1.807) is 24.3 Å². The van der Waals surface area contributed by atoms with E-state index in [9.17, 15) is 9.90 Å². The Morgan fingerprint density at radius 3 is 2.29 bits per heavy atom. The quantitative estimate of drug-likeness (QED) is 0.681. The molecule has 28 heavy (non-hydrogen) atoms. The van der Waals surface area contributed by atoms with Gasteiger partial charge in [-0.1, -0.05) is 29.8 Å². The van der Waals surface area contributed by atoms with Crippen molar-refractivity contribution in [2.75, 3.05) is 54.5 Å². The van der Waals surface area contributed by atoms with Crippen LogP contribution in [0.25, 0.3) is 11.3 Å². The molecule has 0 fully saturated rings. The molecule has 1 aromatic heterocycles. The van der Waals surface area contributed by atoms with E-state index >= 15 is 0 Å². The van der Waals surface area contributed by atoms with Crippen molar-refractivity contribution in [1.82, 2.24) is 19.8 Å². The molecule has 9 heteroatoms. The van der Waals surface area contributed by atoms with Gasteiger partial charge in [0, 0.05) is 29.9 Å². The minimum absolute atomic E-state index is 0.0203. The normalized spacial score (nSPS) is 10.6. The molecule has 8 nitrogen and oxygen atoms in total. The highest BCUT2D eigenvalue weighted by atomic mass is 35.5. The van der Waals surface area contributed by atoms with E-state index in [0.29, 0.717) is 23.7 Å². The molecule has 0 saturated heterocycles. The van der Waals surface area contributed by atoms with E-state index in [4.69, 9.17) is 21.4 Å². The van der Waals surface area contributed by atoms with Crippen LogP contribution >= 0.6 is 11.6 Å². The molecule has 0 saturated carbocycles. The SMILES string of the molecule is CN(C)CCO.CN(C)CCOc1ncc(C(=O)O)c(-c2ccccc2Cl)n1. The highest BCUT2D eigenvalue weighted by Crippen LogP contribution is 2.29. The van der Waals surface area contributed by atoms with E-state index < -0.39 is 5.97 Å². The smallest absolute Gasteiger partial charge is 0.339 e. The zero-order chi connectivity index (χ0) is 21.1. The van der Waals surface area contributed by atoms with Crippen LogP contribution in [0.2, 0.25) is 5.02 Å². The van der Waals surface area contributed by atoms with Crippen molar-refractivity contribution in [3.63, 3.8) is 0 Å². The van der Waals surface area contributed by atoms with E-state index in [2.05, 4.69) is 9.97 Å². The molecule has 0 unspecified atom stereocenters. The first-order chi connectivity index (χ1) is 13.3. The van der Waals surface area contributed by atoms with Gasteiger partial charge >= 0.3 is 12.0 Å². The lowest BCUT2D eigenvalue weighted by molar-refractivity contribution is 0.0696. The summed E-state index contributed by atoms with van der Waals surface area (Å²) in [5.41, 5.74) is 0.752. The van der Waals surface area contributed by atoms with Gasteiger partial charge in [0.15, 0.2) is 0 Å². The molecule has 2 aromatic rings. The van der Waals surface area contributed by atoms with Crippen molar-refractivity contribution in [2.45, 2.75) is 0 Å². The van der Waals surface area contributed by atoms with Crippen LogP contribution in [0.3, 0.4) is 0 Å². The van der Waals surface area contributed by atoms with Crippen LogP contribution in [0.4, 0.5) is 0 Å². The number of aromatic nitrogens is 2. The topological polar surface area (TPSA) is 99.0 Å². The number of carboxylic acid groups (broad SMARTS) is 1. The zero-order valence-electron chi connectivity index (χ0n) is 16.6. The van der Waals surface area contributed by atoms with Crippen molar-refractivity contribution in [3.8, 4) is 17.3 Å². The highest BCUT2D eigenvalue weighted by Gasteiger charge is 2.17. The van der Waals surface area contributed by atoms with Crippen LogP contribution < -0.4 is 4.74 Å². The summed E-state index contributed by atoms with van der Waals surface area (Å²) in [6.45, 7) is 2.12. The summed E-state index contributed by atoms with van der Waals surface area (Å²) in [4.78, 5) is 23.4. The van der Waals surface area contributed by atoms with E-state index in [1.807, 2.05) is 38.0 Å². The fourth-order valence-corrected chi connectivity index (χ4v) is 2.20. The summed E-state index contributed by atoms with van der Waals surface area (Å²) >= 11 is 6.13. The Morgan fingerprint density at radius 1 is 1.14 bits per heavy atom. The molecule has 0 aliphatic carbocycles. The van der Waals surface area contributed by atoms with Gasteiger partial charge in [-0.3, -0.25) is 0 Å². The Bertz CT molecular complexity index is 756. The van der Waals surface area contributed by atoms with Crippen molar-refractivity contribution < 1.29 is 19.7 Å². The van der Waals surface area contributed by atoms with Crippen LogP contribution in [-0.4, -0.2) is 90.4 Å². The summed E-state index contributed by atoms with van der Waals surface area (Å²) in [5.74, 6) is -1.12. The molecule has 0 aliphatic heterocycles. The zero-order valence-corrected chi connectivity index (χ0v) is 17.3. The van der Waals surface area contributed by atoms with Crippen molar-refractivity contribution in [2.24, 2.45) is 0 Å². The molecule has 1 aromatic carbocycles. The van der Waals surface area contributed by atoms with Crippen LogP contribution in [-0.2, 0) is 0 Å². The number of nitrogens with zero attached hydrogens (tertiary/aromatic N) is 4. The van der Waals surface area contributed by atoms with Crippen molar-refractivity contribution in [1.29, 1.82) is 0 Å². The number of ether oxygens (including phenoxy) is 1. The van der Waals surface area contributed by atoms with E-state index in [0.717, 1.165) is 6.54 Å².